The van der Waals surface area contributed by atoms with Crippen molar-refractivity contribution in [3.63, 3.8) is 0 Å². The van der Waals surface area contributed by atoms with Crippen molar-refractivity contribution in [3.05, 3.63) is 29.8 Å². The molecule has 1 aromatic rings. The van der Waals surface area contributed by atoms with Gasteiger partial charge in [0.25, 0.3) is 5.91 Å². The molecule has 24 heavy (non-hydrogen) atoms. The molecular weight excluding hydrogens is 345 g/mol. The average molecular weight is 378 g/mol. The van der Waals surface area contributed by atoms with Crippen molar-refractivity contribution in [2.24, 2.45) is 11.7 Å². The Labute approximate surface area is 159 Å². The van der Waals surface area contributed by atoms with Crippen LogP contribution in [0.15, 0.2) is 24.3 Å². The molecule has 0 aliphatic rings. The normalized spacial score (nSPS) is 12.6. The van der Waals surface area contributed by atoms with E-state index in [0.717, 1.165) is 25.1 Å². The van der Waals surface area contributed by atoms with Crippen LogP contribution in [0, 0.1) is 5.92 Å². The number of amides is 1. The summed E-state index contributed by atoms with van der Waals surface area (Å²) >= 11 is 0. The monoisotopic (exact) mass is 377 g/mol. The zero-order valence-electron chi connectivity index (χ0n) is 15.5. The first kappa shape index (κ1) is 25.3. The van der Waals surface area contributed by atoms with Crippen LogP contribution in [0.5, 0.6) is 0 Å². The van der Waals surface area contributed by atoms with E-state index < -0.39 is 0 Å². The van der Waals surface area contributed by atoms with Gasteiger partial charge in [-0.3, -0.25) is 4.79 Å². The van der Waals surface area contributed by atoms with E-state index in [2.05, 4.69) is 38.0 Å². The first-order valence-electron chi connectivity index (χ1n) is 8.15. The number of anilines is 1. The van der Waals surface area contributed by atoms with Crippen LogP contribution in [-0.2, 0) is 0 Å². The lowest BCUT2D eigenvalue weighted by Crippen LogP contribution is -2.52. The fourth-order valence-corrected chi connectivity index (χ4v) is 2.76. The molecule has 0 aliphatic heterocycles. The van der Waals surface area contributed by atoms with E-state index in [9.17, 15) is 4.79 Å². The Morgan fingerprint density at radius 2 is 1.79 bits per heavy atom. The summed E-state index contributed by atoms with van der Waals surface area (Å²) in [5.41, 5.74) is 7.30. The Bertz CT molecular complexity index is 480. The molecule has 1 unspecified atom stereocenters. The van der Waals surface area contributed by atoms with Gasteiger partial charge in [-0.15, -0.1) is 24.8 Å². The molecule has 0 bridgehead atoms. The van der Waals surface area contributed by atoms with Gasteiger partial charge >= 0.3 is 0 Å². The minimum atomic E-state index is -0.358. The summed E-state index contributed by atoms with van der Waals surface area (Å²) in [6.45, 7) is 9.88. The fourth-order valence-electron chi connectivity index (χ4n) is 2.76. The number of nitrogens with two attached hydrogens (primary N) is 1. The number of carbonyl (C=O) groups is 1. The molecule has 0 saturated carbocycles. The molecule has 0 aliphatic carbocycles. The maximum absolute atomic E-state index is 12.4. The van der Waals surface area contributed by atoms with Crippen LogP contribution in [0.3, 0.4) is 0 Å². The number of rotatable bonds is 8. The van der Waals surface area contributed by atoms with Crippen LogP contribution in [-0.4, -0.2) is 31.6 Å². The lowest BCUT2D eigenvalue weighted by atomic mass is 9.90. The average Bonchev–Trinajstić information content (AvgIpc) is 2.46. The largest absolute Gasteiger partial charge is 0.375 e. The van der Waals surface area contributed by atoms with Gasteiger partial charge in [0.1, 0.15) is 0 Å². The molecule has 1 atom stereocenters. The van der Waals surface area contributed by atoms with E-state index in [0.29, 0.717) is 18.0 Å². The molecule has 1 amide bonds. The third kappa shape index (κ3) is 7.73. The number of nitrogens with zero attached hydrogens (tertiary/aromatic N) is 1. The number of nitrogens with one attached hydrogen (secondary N) is 1. The summed E-state index contributed by atoms with van der Waals surface area (Å²) in [6.07, 6.45) is 1.97. The van der Waals surface area contributed by atoms with Crippen LogP contribution in [0.1, 0.15) is 50.9 Å². The summed E-state index contributed by atoms with van der Waals surface area (Å²) in [5, 5.41) is 3.09. The summed E-state index contributed by atoms with van der Waals surface area (Å²) < 4.78 is 0. The van der Waals surface area contributed by atoms with Gasteiger partial charge in [0.15, 0.2) is 0 Å². The number of halogens is 2. The van der Waals surface area contributed by atoms with Gasteiger partial charge in [0.2, 0.25) is 0 Å². The van der Waals surface area contributed by atoms with E-state index >= 15 is 0 Å². The van der Waals surface area contributed by atoms with Crippen molar-refractivity contribution in [2.45, 2.75) is 46.1 Å². The molecule has 1 aromatic carbocycles. The van der Waals surface area contributed by atoms with Crippen LogP contribution in [0.2, 0.25) is 0 Å². The van der Waals surface area contributed by atoms with E-state index in [-0.39, 0.29) is 36.3 Å². The van der Waals surface area contributed by atoms with Gasteiger partial charge in [-0.25, -0.2) is 0 Å². The Hall–Kier alpha value is -0.970. The van der Waals surface area contributed by atoms with Crippen molar-refractivity contribution < 1.29 is 4.79 Å². The Morgan fingerprint density at radius 3 is 2.21 bits per heavy atom. The Morgan fingerprint density at radius 1 is 1.25 bits per heavy atom. The lowest BCUT2D eigenvalue weighted by Gasteiger charge is -2.31. The number of carbonyl (C=O) groups excluding carboxylic acids is 1. The third-order valence-electron chi connectivity index (χ3n) is 3.85. The van der Waals surface area contributed by atoms with Crippen molar-refractivity contribution in [3.8, 4) is 0 Å². The number of hydrogen-bond donors (Lipinski definition) is 2. The minimum absolute atomic E-state index is 0. The van der Waals surface area contributed by atoms with Gasteiger partial charge in [-0.2, -0.15) is 0 Å². The third-order valence-corrected chi connectivity index (χ3v) is 3.85. The predicted molar refractivity (Wildman–Crippen MR) is 109 cm³/mol. The van der Waals surface area contributed by atoms with Gasteiger partial charge in [-0.05, 0) is 49.9 Å². The maximum atomic E-state index is 12.4. The summed E-state index contributed by atoms with van der Waals surface area (Å²) in [7, 11) is 2.06. The second kappa shape index (κ2) is 11.6. The SMILES string of the molecule is CCCN(C)c1ccc(C(=O)NC(C)(CN)CC(C)C)cc1.Cl.Cl. The molecule has 3 N–H and O–H groups in total. The molecule has 0 spiro atoms. The first-order valence-corrected chi connectivity index (χ1v) is 8.15. The van der Waals surface area contributed by atoms with Crippen molar-refractivity contribution >= 4 is 36.4 Å². The molecule has 1 rings (SSSR count). The lowest BCUT2D eigenvalue weighted by molar-refractivity contribution is 0.0898. The Kier molecular flexibility index (Phi) is 12.2. The quantitative estimate of drug-likeness (QED) is 0.722. The molecule has 0 saturated heterocycles. The van der Waals surface area contributed by atoms with Crippen molar-refractivity contribution in [2.75, 3.05) is 25.0 Å². The Balaban J connectivity index is 0. The predicted octanol–water partition coefficient (Wildman–Crippen LogP) is 3.87. The van der Waals surface area contributed by atoms with Crippen LogP contribution >= 0.6 is 24.8 Å². The molecule has 140 valence electrons. The minimum Gasteiger partial charge on any atom is -0.375 e. The zero-order valence-corrected chi connectivity index (χ0v) is 17.1. The van der Waals surface area contributed by atoms with E-state index in [1.165, 1.54) is 0 Å². The standard InChI is InChI=1S/C18H31N3O.2ClH/c1-6-11-21(5)16-9-7-15(8-10-16)17(22)20-18(4,13-19)12-14(2)3;;/h7-10,14H,6,11-13,19H2,1-5H3,(H,20,22);2*1H. The van der Waals surface area contributed by atoms with Gasteiger partial charge in [-0.1, -0.05) is 20.8 Å². The summed E-state index contributed by atoms with van der Waals surface area (Å²) in [6, 6.07) is 7.74. The van der Waals surface area contributed by atoms with E-state index in [1.807, 2.05) is 31.2 Å². The first-order chi connectivity index (χ1) is 10.3. The van der Waals surface area contributed by atoms with Gasteiger partial charge in [0, 0.05) is 36.9 Å². The summed E-state index contributed by atoms with van der Waals surface area (Å²) in [5.74, 6) is 0.428. The molecule has 0 fully saturated rings. The highest BCUT2D eigenvalue weighted by Crippen LogP contribution is 2.18. The maximum Gasteiger partial charge on any atom is 0.251 e. The highest BCUT2D eigenvalue weighted by molar-refractivity contribution is 5.95. The summed E-state index contributed by atoms with van der Waals surface area (Å²) in [4.78, 5) is 14.6. The second-order valence-corrected chi connectivity index (χ2v) is 6.79. The highest BCUT2D eigenvalue weighted by atomic mass is 35.5. The fraction of sp³-hybridized carbons (Fsp3) is 0.611. The molecule has 4 nitrogen and oxygen atoms in total. The van der Waals surface area contributed by atoms with E-state index in [4.69, 9.17) is 5.73 Å². The number of benzene rings is 1. The highest BCUT2D eigenvalue weighted by Gasteiger charge is 2.26. The molecule has 6 heteroatoms. The van der Waals surface area contributed by atoms with Gasteiger partial charge < -0.3 is 16.0 Å². The second-order valence-electron chi connectivity index (χ2n) is 6.79. The van der Waals surface area contributed by atoms with E-state index in [1.54, 1.807) is 0 Å². The topological polar surface area (TPSA) is 58.4 Å². The smallest absolute Gasteiger partial charge is 0.251 e. The number of hydrogen-bond acceptors (Lipinski definition) is 3. The van der Waals surface area contributed by atoms with Gasteiger partial charge in [0.05, 0.1) is 0 Å². The molecule has 0 aromatic heterocycles. The zero-order chi connectivity index (χ0) is 16.8. The van der Waals surface area contributed by atoms with Crippen LogP contribution < -0.4 is 16.0 Å². The van der Waals surface area contributed by atoms with Crippen LogP contribution in [0.4, 0.5) is 5.69 Å². The van der Waals surface area contributed by atoms with Crippen molar-refractivity contribution in [1.29, 1.82) is 0 Å². The van der Waals surface area contributed by atoms with Crippen molar-refractivity contribution in [1.82, 2.24) is 5.32 Å². The van der Waals surface area contributed by atoms with Crippen LogP contribution in [0.25, 0.3) is 0 Å². The molecular formula is C18H33Cl2N3O. The molecule has 0 radical (unpaired) electrons. The molecule has 0 heterocycles.